The van der Waals surface area contributed by atoms with Crippen LogP contribution in [-0.2, 0) is 0 Å². The Bertz CT molecular complexity index is 590. The molecule has 0 fully saturated rings. The minimum absolute atomic E-state index is 0.0965. The summed E-state index contributed by atoms with van der Waals surface area (Å²) in [6.07, 6.45) is 0. The number of benzene rings is 2. The average Bonchev–Trinajstić information content (AvgIpc) is 2.39. The third kappa shape index (κ3) is 2.69. The Morgan fingerprint density at radius 3 is 2.37 bits per heavy atom. The Morgan fingerprint density at radius 1 is 1.00 bits per heavy atom. The van der Waals surface area contributed by atoms with Crippen LogP contribution in [0.1, 0.15) is 33.9 Å². The van der Waals surface area contributed by atoms with Gasteiger partial charge in [-0.05, 0) is 61.7 Å². The molecule has 100 valence electrons. The van der Waals surface area contributed by atoms with Gasteiger partial charge in [-0.2, -0.15) is 0 Å². The molecule has 0 aliphatic rings. The molecule has 0 aliphatic carbocycles. The van der Waals surface area contributed by atoms with Gasteiger partial charge >= 0.3 is 0 Å². The average molecular weight is 257 g/mol. The molecular formula is C17H20FN. The van der Waals surface area contributed by atoms with Crippen molar-refractivity contribution in [2.24, 2.45) is 0 Å². The van der Waals surface area contributed by atoms with Crippen molar-refractivity contribution < 1.29 is 4.39 Å². The fraction of sp³-hybridized carbons (Fsp3) is 0.294. The summed E-state index contributed by atoms with van der Waals surface area (Å²) in [5.74, 6) is -0.153. The molecule has 0 aromatic heterocycles. The van der Waals surface area contributed by atoms with E-state index in [4.69, 9.17) is 0 Å². The summed E-state index contributed by atoms with van der Waals surface area (Å²) in [7, 11) is 1.94. The number of halogens is 1. The fourth-order valence-corrected chi connectivity index (χ4v) is 2.44. The summed E-state index contributed by atoms with van der Waals surface area (Å²) < 4.78 is 13.4. The van der Waals surface area contributed by atoms with Gasteiger partial charge < -0.3 is 5.32 Å². The van der Waals surface area contributed by atoms with Crippen molar-refractivity contribution in [3.8, 4) is 0 Å². The lowest BCUT2D eigenvalue weighted by atomic mass is 9.92. The molecule has 1 N–H and O–H groups in total. The predicted molar refractivity (Wildman–Crippen MR) is 78.0 cm³/mol. The van der Waals surface area contributed by atoms with Crippen molar-refractivity contribution in [2.45, 2.75) is 26.8 Å². The summed E-state index contributed by atoms with van der Waals surface area (Å²) in [5.41, 5.74) is 5.58. The van der Waals surface area contributed by atoms with Crippen LogP contribution in [0.4, 0.5) is 4.39 Å². The molecule has 1 unspecified atom stereocenters. The van der Waals surface area contributed by atoms with E-state index in [1.54, 1.807) is 13.0 Å². The van der Waals surface area contributed by atoms with Crippen LogP contribution in [-0.4, -0.2) is 7.05 Å². The van der Waals surface area contributed by atoms with Crippen LogP contribution < -0.4 is 5.32 Å². The Kier molecular flexibility index (Phi) is 4.01. The van der Waals surface area contributed by atoms with Gasteiger partial charge in [0.05, 0.1) is 6.04 Å². The zero-order chi connectivity index (χ0) is 14.0. The lowest BCUT2D eigenvalue weighted by molar-refractivity contribution is 0.613. The Hall–Kier alpha value is -1.67. The van der Waals surface area contributed by atoms with Gasteiger partial charge in [0, 0.05) is 0 Å². The molecule has 2 rings (SSSR count). The van der Waals surface area contributed by atoms with Crippen molar-refractivity contribution >= 4 is 0 Å². The maximum absolute atomic E-state index is 13.4. The molecule has 1 nitrogen and oxygen atoms in total. The van der Waals surface area contributed by atoms with Crippen LogP contribution in [0.5, 0.6) is 0 Å². The lowest BCUT2D eigenvalue weighted by Gasteiger charge is -2.21. The van der Waals surface area contributed by atoms with Crippen LogP contribution in [0, 0.1) is 26.6 Å². The Morgan fingerprint density at radius 2 is 1.74 bits per heavy atom. The summed E-state index contributed by atoms with van der Waals surface area (Å²) in [6.45, 7) is 6.04. The number of hydrogen-bond donors (Lipinski definition) is 1. The van der Waals surface area contributed by atoms with Crippen molar-refractivity contribution in [2.75, 3.05) is 7.05 Å². The number of hydrogen-bond acceptors (Lipinski definition) is 1. The smallest absolute Gasteiger partial charge is 0.126 e. The Balaban J connectivity index is 2.50. The van der Waals surface area contributed by atoms with Crippen molar-refractivity contribution in [3.05, 3.63) is 70.0 Å². The minimum atomic E-state index is -0.153. The lowest BCUT2D eigenvalue weighted by Crippen LogP contribution is -2.19. The van der Waals surface area contributed by atoms with E-state index >= 15 is 0 Å². The molecule has 0 bridgehead atoms. The first-order valence-corrected chi connectivity index (χ1v) is 6.54. The molecule has 0 saturated carbocycles. The molecular weight excluding hydrogens is 237 g/mol. The largest absolute Gasteiger partial charge is 0.309 e. The van der Waals surface area contributed by atoms with Crippen LogP contribution >= 0.6 is 0 Å². The maximum atomic E-state index is 13.4. The van der Waals surface area contributed by atoms with Gasteiger partial charge in [-0.1, -0.05) is 30.3 Å². The van der Waals surface area contributed by atoms with Crippen LogP contribution in [0.15, 0.2) is 36.4 Å². The van der Waals surface area contributed by atoms with E-state index in [2.05, 4.69) is 37.4 Å². The third-order valence-corrected chi connectivity index (χ3v) is 3.76. The van der Waals surface area contributed by atoms with E-state index in [1.807, 2.05) is 19.2 Å². The molecule has 0 aliphatic heterocycles. The van der Waals surface area contributed by atoms with Crippen molar-refractivity contribution in [1.82, 2.24) is 5.32 Å². The van der Waals surface area contributed by atoms with Crippen molar-refractivity contribution in [1.29, 1.82) is 0 Å². The predicted octanol–water partition coefficient (Wildman–Crippen LogP) is 4.06. The van der Waals surface area contributed by atoms with Gasteiger partial charge in [0.2, 0.25) is 0 Å². The first-order valence-electron chi connectivity index (χ1n) is 6.54. The standard InChI is InChI=1S/C17H20FN/c1-11-6-5-7-15(13(11)3)17(19-4)14-8-9-16(18)12(2)10-14/h5-10,17,19H,1-4H3. The van der Waals surface area contributed by atoms with E-state index in [9.17, 15) is 4.39 Å². The van der Waals surface area contributed by atoms with Gasteiger partial charge in [-0.15, -0.1) is 0 Å². The monoisotopic (exact) mass is 257 g/mol. The van der Waals surface area contributed by atoms with Crippen LogP contribution in [0.25, 0.3) is 0 Å². The summed E-state index contributed by atoms with van der Waals surface area (Å²) in [4.78, 5) is 0. The second-order valence-electron chi connectivity index (χ2n) is 5.02. The van der Waals surface area contributed by atoms with E-state index in [1.165, 1.54) is 16.7 Å². The molecule has 19 heavy (non-hydrogen) atoms. The summed E-state index contributed by atoms with van der Waals surface area (Å²) >= 11 is 0. The highest BCUT2D eigenvalue weighted by Crippen LogP contribution is 2.27. The zero-order valence-electron chi connectivity index (χ0n) is 11.9. The highest BCUT2D eigenvalue weighted by molar-refractivity contribution is 5.41. The highest BCUT2D eigenvalue weighted by atomic mass is 19.1. The van der Waals surface area contributed by atoms with Gasteiger partial charge in [0.25, 0.3) is 0 Å². The molecule has 1 atom stereocenters. The SMILES string of the molecule is CNC(c1ccc(F)c(C)c1)c1cccc(C)c1C. The van der Waals surface area contributed by atoms with Crippen LogP contribution in [0.3, 0.4) is 0 Å². The van der Waals surface area contributed by atoms with Gasteiger partial charge in [0.15, 0.2) is 0 Å². The topological polar surface area (TPSA) is 12.0 Å². The molecule has 0 heterocycles. The fourth-order valence-electron chi connectivity index (χ4n) is 2.44. The summed E-state index contributed by atoms with van der Waals surface area (Å²) in [5, 5.41) is 3.33. The zero-order valence-corrected chi connectivity index (χ0v) is 11.9. The molecule has 2 heteroatoms. The molecule has 0 amide bonds. The molecule has 0 saturated heterocycles. The second-order valence-corrected chi connectivity index (χ2v) is 5.02. The molecule has 0 radical (unpaired) electrons. The molecule has 2 aromatic rings. The quantitative estimate of drug-likeness (QED) is 0.874. The minimum Gasteiger partial charge on any atom is -0.309 e. The molecule has 0 spiro atoms. The number of nitrogens with one attached hydrogen (secondary N) is 1. The van der Waals surface area contributed by atoms with Gasteiger partial charge in [-0.25, -0.2) is 4.39 Å². The van der Waals surface area contributed by atoms with E-state index in [-0.39, 0.29) is 11.9 Å². The summed E-state index contributed by atoms with van der Waals surface area (Å²) in [6, 6.07) is 11.7. The van der Waals surface area contributed by atoms with Crippen molar-refractivity contribution in [3.63, 3.8) is 0 Å². The van der Waals surface area contributed by atoms with E-state index in [0.29, 0.717) is 5.56 Å². The highest BCUT2D eigenvalue weighted by Gasteiger charge is 2.15. The van der Waals surface area contributed by atoms with E-state index < -0.39 is 0 Å². The normalized spacial score (nSPS) is 12.5. The maximum Gasteiger partial charge on any atom is 0.126 e. The van der Waals surface area contributed by atoms with E-state index in [0.717, 1.165) is 5.56 Å². The second kappa shape index (κ2) is 5.54. The number of aryl methyl sites for hydroxylation is 2. The van der Waals surface area contributed by atoms with Gasteiger partial charge in [0.1, 0.15) is 5.82 Å². The Labute approximate surface area is 114 Å². The van der Waals surface area contributed by atoms with Crippen LogP contribution in [0.2, 0.25) is 0 Å². The molecule has 2 aromatic carbocycles. The number of rotatable bonds is 3. The first kappa shape index (κ1) is 13.8. The first-order chi connectivity index (χ1) is 9.04. The van der Waals surface area contributed by atoms with Gasteiger partial charge in [-0.3, -0.25) is 0 Å². The third-order valence-electron chi connectivity index (χ3n) is 3.76.